The summed E-state index contributed by atoms with van der Waals surface area (Å²) in [6.45, 7) is 4.73. The molecule has 1 N–H and O–H groups in total. The Hall–Kier alpha value is -1.80. The largest absolute Gasteiger partial charge is 0.481 e. The van der Waals surface area contributed by atoms with E-state index in [9.17, 15) is 4.79 Å². The van der Waals surface area contributed by atoms with Crippen molar-refractivity contribution in [2.24, 2.45) is 0 Å². The van der Waals surface area contributed by atoms with Crippen LogP contribution in [0, 0.1) is 6.92 Å². The number of fused-ring (bicyclic) bond motifs is 1. The van der Waals surface area contributed by atoms with Crippen LogP contribution in [0.4, 0.5) is 0 Å². The number of aliphatic carboxylic acids is 1. The third-order valence-electron chi connectivity index (χ3n) is 3.18. The fraction of sp³-hybridized carbons (Fsp3) is 0.462. The van der Waals surface area contributed by atoms with Crippen molar-refractivity contribution in [2.75, 3.05) is 37.1 Å². The smallest absolute Gasteiger partial charge is 0.313 e. The third-order valence-corrected chi connectivity index (χ3v) is 4.09. The maximum atomic E-state index is 10.8. The van der Waals surface area contributed by atoms with Crippen LogP contribution in [0.25, 0.3) is 11.2 Å². The summed E-state index contributed by atoms with van der Waals surface area (Å²) in [5, 5.41) is 11.7. The number of aromatic nitrogens is 3. The minimum atomic E-state index is -0.857. The van der Waals surface area contributed by atoms with Crippen molar-refractivity contribution in [3.8, 4) is 0 Å². The van der Waals surface area contributed by atoms with Crippen LogP contribution in [-0.2, 0) is 9.53 Å². The van der Waals surface area contributed by atoms with Crippen LogP contribution in [-0.4, -0.2) is 57.8 Å². The van der Waals surface area contributed by atoms with Gasteiger partial charge in [-0.05, 0) is 18.6 Å². The molecule has 0 spiro atoms. The number of hydrogen-bond acceptors (Lipinski definition) is 6. The second-order valence-electron chi connectivity index (χ2n) is 4.81. The van der Waals surface area contributed by atoms with Crippen LogP contribution < -0.4 is 5.01 Å². The predicted molar refractivity (Wildman–Crippen MR) is 79.4 cm³/mol. The third kappa shape index (κ3) is 2.96. The Morgan fingerprint density at radius 1 is 1.48 bits per heavy atom. The molecule has 21 heavy (non-hydrogen) atoms. The molecule has 2 aromatic heterocycles. The highest BCUT2D eigenvalue weighted by Gasteiger charge is 2.20. The lowest BCUT2D eigenvalue weighted by molar-refractivity contribution is -0.133. The van der Waals surface area contributed by atoms with Gasteiger partial charge in [-0.2, -0.15) is 0 Å². The predicted octanol–water partition coefficient (Wildman–Crippen LogP) is 0.885. The standard InChI is InChI=1S/C13H16N4O3S/c1-9-6-10-12(14-7-9)17(16-2-4-20-5-3-16)13(15-10)21-8-11(18)19/h6-7H,2-5,8H2,1H3,(H,18,19). The monoisotopic (exact) mass is 308 g/mol. The average Bonchev–Trinajstić information content (AvgIpc) is 2.83. The van der Waals surface area contributed by atoms with Crippen molar-refractivity contribution in [3.05, 3.63) is 17.8 Å². The Labute approximate surface area is 125 Å². The Morgan fingerprint density at radius 2 is 2.24 bits per heavy atom. The Morgan fingerprint density at radius 3 is 2.95 bits per heavy atom. The molecule has 0 aromatic carbocycles. The number of aryl methyl sites for hydroxylation is 1. The van der Waals surface area contributed by atoms with Gasteiger partial charge in [0.25, 0.3) is 0 Å². The molecule has 0 radical (unpaired) electrons. The van der Waals surface area contributed by atoms with Gasteiger partial charge in [-0.1, -0.05) is 11.8 Å². The highest BCUT2D eigenvalue weighted by atomic mass is 32.2. The summed E-state index contributed by atoms with van der Waals surface area (Å²) in [7, 11) is 0. The highest BCUT2D eigenvalue weighted by molar-refractivity contribution is 7.99. The van der Waals surface area contributed by atoms with E-state index in [-0.39, 0.29) is 5.75 Å². The first-order chi connectivity index (χ1) is 10.1. The average molecular weight is 308 g/mol. The zero-order valence-electron chi connectivity index (χ0n) is 11.7. The van der Waals surface area contributed by atoms with E-state index in [1.165, 1.54) is 11.8 Å². The first-order valence-corrected chi connectivity index (χ1v) is 7.66. The number of imidazole rings is 1. The number of ether oxygens (including phenoxy) is 1. The zero-order valence-corrected chi connectivity index (χ0v) is 12.5. The van der Waals surface area contributed by atoms with Crippen molar-refractivity contribution in [1.29, 1.82) is 0 Å². The number of pyridine rings is 1. The zero-order chi connectivity index (χ0) is 14.8. The van der Waals surface area contributed by atoms with Gasteiger partial charge in [-0.15, -0.1) is 0 Å². The Bertz CT molecular complexity index is 667. The molecule has 1 aliphatic heterocycles. The van der Waals surface area contributed by atoms with Gasteiger partial charge in [-0.25, -0.2) is 14.6 Å². The summed E-state index contributed by atoms with van der Waals surface area (Å²) in [6.07, 6.45) is 1.80. The molecule has 0 atom stereocenters. The van der Waals surface area contributed by atoms with Crippen LogP contribution in [0.1, 0.15) is 5.56 Å². The van der Waals surface area contributed by atoms with Gasteiger partial charge in [0.2, 0.25) is 0 Å². The Kier molecular flexibility index (Phi) is 3.98. The first-order valence-electron chi connectivity index (χ1n) is 6.68. The second kappa shape index (κ2) is 5.90. The Balaban J connectivity index is 2.03. The lowest BCUT2D eigenvalue weighted by Crippen LogP contribution is -2.44. The van der Waals surface area contributed by atoms with E-state index >= 15 is 0 Å². The summed E-state index contributed by atoms with van der Waals surface area (Å²) in [4.78, 5) is 19.8. The molecular formula is C13H16N4O3S. The fourth-order valence-corrected chi connectivity index (χ4v) is 3.00. The van der Waals surface area contributed by atoms with E-state index in [4.69, 9.17) is 9.84 Å². The molecule has 3 heterocycles. The van der Waals surface area contributed by atoms with E-state index in [0.29, 0.717) is 18.4 Å². The number of rotatable bonds is 4. The SMILES string of the molecule is Cc1cnc2c(c1)nc(SCC(=O)O)n2N1CCOCC1. The summed E-state index contributed by atoms with van der Waals surface area (Å²) in [5.74, 6) is -0.878. The molecule has 0 bridgehead atoms. The van der Waals surface area contributed by atoms with Crippen LogP contribution in [0.5, 0.6) is 0 Å². The molecule has 8 heteroatoms. The van der Waals surface area contributed by atoms with Crippen LogP contribution in [0.2, 0.25) is 0 Å². The molecule has 7 nitrogen and oxygen atoms in total. The minimum Gasteiger partial charge on any atom is -0.481 e. The molecule has 1 saturated heterocycles. The van der Waals surface area contributed by atoms with Gasteiger partial charge >= 0.3 is 5.97 Å². The molecule has 0 saturated carbocycles. The van der Waals surface area contributed by atoms with Crippen molar-refractivity contribution in [1.82, 2.24) is 14.6 Å². The van der Waals surface area contributed by atoms with Gasteiger partial charge in [0.05, 0.1) is 32.1 Å². The number of carboxylic acid groups (broad SMARTS) is 1. The van der Waals surface area contributed by atoms with E-state index in [2.05, 4.69) is 15.0 Å². The number of hydrogen-bond donors (Lipinski definition) is 1. The van der Waals surface area contributed by atoms with Gasteiger partial charge in [-0.3, -0.25) is 4.79 Å². The molecule has 112 valence electrons. The van der Waals surface area contributed by atoms with Crippen LogP contribution >= 0.6 is 11.8 Å². The van der Waals surface area contributed by atoms with Crippen LogP contribution in [0.15, 0.2) is 17.4 Å². The van der Waals surface area contributed by atoms with Crippen LogP contribution in [0.3, 0.4) is 0 Å². The van der Waals surface area contributed by atoms with Crippen molar-refractivity contribution in [3.63, 3.8) is 0 Å². The fourth-order valence-electron chi connectivity index (χ4n) is 2.26. The molecular weight excluding hydrogens is 292 g/mol. The number of carboxylic acids is 1. The van der Waals surface area contributed by atoms with E-state index < -0.39 is 5.97 Å². The molecule has 1 aliphatic rings. The van der Waals surface area contributed by atoms with Gasteiger partial charge in [0, 0.05) is 6.20 Å². The summed E-state index contributed by atoms with van der Waals surface area (Å²) >= 11 is 1.21. The second-order valence-corrected chi connectivity index (χ2v) is 5.75. The molecule has 1 fully saturated rings. The molecule has 0 unspecified atom stereocenters. The maximum absolute atomic E-state index is 10.8. The first kappa shape index (κ1) is 14.2. The summed E-state index contributed by atoms with van der Waals surface area (Å²) < 4.78 is 7.29. The van der Waals surface area contributed by atoms with Crippen molar-refractivity contribution >= 4 is 28.9 Å². The number of nitrogens with zero attached hydrogens (tertiary/aromatic N) is 4. The molecule has 0 aliphatic carbocycles. The molecule has 3 rings (SSSR count). The quantitative estimate of drug-likeness (QED) is 0.840. The van der Waals surface area contributed by atoms with Gasteiger partial charge in [0.1, 0.15) is 5.52 Å². The number of carbonyl (C=O) groups is 1. The van der Waals surface area contributed by atoms with Crippen molar-refractivity contribution in [2.45, 2.75) is 12.1 Å². The number of morpholine rings is 1. The summed E-state index contributed by atoms with van der Waals surface area (Å²) in [5.41, 5.74) is 2.58. The van der Waals surface area contributed by atoms with Gasteiger partial charge < -0.3 is 14.9 Å². The van der Waals surface area contributed by atoms with Gasteiger partial charge in [0.15, 0.2) is 10.8 Å². The maximum Gasteiger partial charge on any atom is 0.313 e. The van der Waals surface area contributed by atoms with Crippen molar-refractivity contribution < 1.29 is 14.6 Å². The molecule has 0 amide bonds. The minimum absolute atomic E-state index is 0.0212. The molecule has 2 aromatic rings. The lowest BCUT2D eigenvalue weighted by Gasteiger charge is -2.30. The highest BCUT2D eigenvalue weighted by Crippen LogP contribution is 2.24. The van der Waals surface area contributed by atoms with E-state index in [0.717, 1.165) is 29.8 Å². The van der Waals surface area contributed by atoms with E-state index in [1.54, 1.807) is 6.20 Å². The summed E-state index contributed by atoms with van der Waals surface area (Å²) in [6, 6.07) is 1.96. The lowest BCUT2D eigenvalue weighted by atomic mass is 10.3. The number of thioether (sulfide) groups is 1. The topological polar surface area (TPSA) is 80.5 Å². The van der Waals surface area contributed by atoms with E-state index in [1.807, 2.05) is 17.7 Å². The normalized spacial score (nSPS) is 15.6.